The van der Waals surface area contributed by atoms with E-state index in [4.69, 9.17) is 0 Å². The molecule has 0 atom stereocenters. The molecule has 29 heavy (non-hydrogen) atoms. The van der Waals surface area contributed by atoms with E-state index in [-0.39, 0.29) is 24.5 Å². The minimum absolute atomic E-state index is 0.0248. The van der Waals surface area contributed by atoms with Gasteiger partial charge in [-0.25, -0.2) is 4.79 Å². The number of rotatable bonds is 10. The predicted molar refractivity (Wildman–Crippen MR) is 116 cm³/mol. The Bertz CT molecular complexity index is 770. The van der Waals surface area contributed by atoms with Crippen molar-refractivity contribution in [1.82, 2.24) is 19.7 Å². The fraction of sp³-hybridized carbons (Fsp3) is 0.478. The van der Waals surface area contributed by atoms with Crippen LogP contribution in [0.4, 0.5) is 4.79 Å². The van der Waals surface area contributed by atoms with E-state index in [0.29, 0.717) is 19.6 Å². The van der Waals surface area contributed by atoms with Gasteiger partial charge in [-0.15, -0.1) is 0 Å². The number of hydrogen-bond donors (Lipinski definition) is 1. The van der Waals surface area contributed by atoms with E-state index in [9.17, 15) is 9.59 Å². The summed E-state index contributed by atoms with van der Waals surface area (Å²) in [4.78, 5) is 29.3. The second-order valence-electron chi connectivity index (χ2n) is 7.65. The molecule has 0 aliphatic heterocycles. The molecule has 0 radical (unpaired) electrons. The molecule has 2 aromatic rings. The number of aryl methyl sites for hydroxylation is 1. The molecule has 1 aromatic heterocycles. The molecule has 0 spiro atoms. The highest BCUT2D eigenvalue weighted by Crippen LogP contribution is 2.09. The number of carbonyl (C=O) groups excluding carboxylic acids is 2. The van der Waals surface area contributed by atoms with E-state index in [2.05, 4.69) is 12.2 Å². The van der Waals surface area contributed by atoms with Crippen molar-refractivity contribution < 1.29 is 9.59 Å². The molecule has 1 aromatic carbocycles. The van der Waals surface area contributed by atoms with Crippen LogP contribution in [0, 0.1) is 0 Å². The number of unbranched alkanes of at least 4 members (excludes halogenated alkanes) is 1. The maximum absolute atomic E-state index is 13.1. The molecule has 0 fully saturated rings. The second-order valence-corrected chi connectivity index (χ2v) is 7.65. The van der Waals surface area contributed by atoms with Gasteiger partial charge in [-0.3, -0.25) is 4.79 Å². The highest BCUT2D eigenvalue weighted by Gasteiger charge is 2.23. The number of carbonyl (C=O) groups is 2. The summed E-state index contributed by atoms with van der Waals surface area (Å²) in [5, 5.41) is 2.93. The Balaban J connectivity index is 2.02. The van der Waals surface area contributed by atoms with Gasteiger partial charge in [-0.1, -0.05) is 43.7 Å². The fourth-order valence-electron chi connectivity index (χ4n) is 3.11. The number of aromatic nitrogens is 1. The number of amides is 3. The van der Waals surface area contributed by atoms with Crippen LogP contribution >= 0.6 is 0 Å². The average molecular weight is 399 g/mol. The van der Waals surface area contributed by atoms with Gasteiger partial charge in [0.05, 0.1) is 6.54 Å². The normalized spacial score (nSPS) is 10.8. The van der Waals surface area contributed by atoms with Gasteiger partial charge in [0.15, 0.2) is 0 Å². The lowest BCUT2D eigenvalue weighted by molar-refractivity contribution is -0.133. The molecular weight excluding hydrogens is 364 g/mol. The smallest absolute Gasteiger partial charge is 0.318 e. The van der Waals surface area contributed by atoms with Gasteiger partial charge in [0, 0.05) is 38.1 Å². The van der Waals surface area contributed by atoms with Crippen molar-refractivity contribution >= 4 is 11.9 Å². The number of nitrogens with zero attached hydrogens (tertiary/aromatic N) is 3. The van der Waals surface area contributed by atoms with E-state index >= 15 is 0 Å². The Morgan fingerprint density at radius 1 is 1.10 bits per heavy atom. The minimum Gasteiger partial charge on any atom is -0.353 e. The maximum Gasteiger partial charge on any atom is 0.318 e. The Labute approximate surface area is 174 Å². The topological polar surface area (TPSA) is 57.6 Å². The molecule has 2 rings (SSSR count). The molecule has 158 valence electrons. The summed E-state index contributed by atoms with van der Waals surface area (Å²) in [5.41, 5.74) is 2.11. The van der Waals surface area contributed by atoms with Crippen LogP contribution in [0.25, 0.3) is 0 Å². The second kappa shape index (κ2) is 11.3. The lowest BCUT2D eigenvalue weighted by atomic mass is 10.2. The molecular formula is C23H34N4O2. The third-order valence-corrected chi connectivity index (χ3v) is 5.01. The van der Waals surface area contributed by atoms with E-state index in [1.807, 2.05) is 79.0 Å². The molecule has 6 nitrogen and oxygen atoms in total. The van der Waals surface area contributed by atoms with Crippen LogP contribution in [0.5, 0.6) is 0 Å². The average Bonchev–Trinajstić information content (AvgIpc) is 3.12. The summed E-state index contributed by atoms with van der Waals surface area (Å²) in [6.45, 7) is 7.75. The van der Waals surface area contributed by atoms with Gasteiger partial charge in [0.1, 0.15) is 6.54 Å². The molecule has 0 unspecified atom stereocenters. The SMILES string of the molecule is CCCCN(Cc1cccn1C)C(=O)CN(C(=O)NCc1ccccc1)C(C)C. The largest absolute Gasteiger partial charge is 0.353 e. The standard InChI is InChI=1S/C23H34N4O2/c1-5-6-15-26(17-21-13-10-14-25(21)4)22(28)18-27(19(2)3)23(29)24-16-20-11-8-7-9-12-20/h7-14,19H,5-6,15-18H2,1-4H3,(H,24,29). The Morgan fingerprint density at radius 3 is 2.41 bits per heavy atom. The molecule has 0 aliphatic carbocycles. The Morgan fingerprint density at radius 2 is 1.83 bits per heavy atom. The predicted octanol–water partition coefficient (Wildman–Crippen LogP) is 3.77. The summed E-state index contributed by atoms with van der Waals surface area (Å²) in [6.07, 6.45) is 3.94. The van der Waals surface area contributed by atoms with E-state index in [1.54, 1.807) is 4.90 Å². The number of nitrogens with one attached hydrogen (secondary N) is 1. The van der Waals surface area contributed by atoms with Gasteiger partial charge in [0.2, 0.25) is 5.91 Å². The number of urea groups is 1. The summed E-state index contributed by atoms with van der Waals surface area (Å²) in [7, 11) is 1.98. The summed E-state index contributed by atoms with van der Waals surface area (Å²) in [6, 6.07) is 13.5. The van der Waals surface area contributed by atoms with Gasteiger partial charge in [-0.2, -0.15) is 0 Å². The van der Waals surface area contributed by atoms with Crippen LogP contribution in [0.1, 0.15) is 44.9 Å². The van der Waals surface area contributed by atoms with E-state index < -0.39 is 0 Å². The van der Waals surface area contributed by atoms with E-state index in [0.717, 1.165) is 24.1 Å². The van der Waals surface area contributed by atoms with Crippen molar-refractivity contribution in [3.8, 4) is 0 Å². The monoisotopic (exact) mass is 398 g/mol. The molecule has 0 aliphatic rings. The fourth-order valence-corrected chi connectivity index (χ4v) is 3.11. The van der Waals surface area contributed by atoms with Crippen molar-refractivity contribution in [2.75, 3.05) is 13.1 Å². The van der Waals surface area contributed by atoms with Crippen LogP contribution in [-0.2, 0) is 24.9 Å². The van der Waals surface area contributed by atoms with Crippen LogP contribution < -0.4 is 5.32 Å². The summed E-state index contributed by atoms with van der Waals surface area (Å²) >= 11 is 0. The Hall–Kier alpha value is -2.76. The molecule has 1 heterocycles. The molecule has 6 heteroatoms. The van der Waals surface area contributed by atoms with Crippen molar-refractivity contribution in [3.05, 3.63) is 59.9 Å². The maximum atomic E-state index is 13.1. The highest BCUT2D eigenvalue weighted by atomic mass is 16.2. The van der Waals surface area contributed by atoms with Gasteiger partial charge in [-0.05, 0) is 38.0 Å². The zero-order chi connectivity index (χ0) is 21.2. The van der Waals surface area contributed by atoms with Gasteiger partial charge >= 0.3 is 6.03 Å². The van der Waals surface area contributed by atoms with Gasteiger partial charge < -0.3 is 19.7 Å². The van der Waals surface area contributed by atoms with Crippen LogP contribution in [0.2, 0.25) is 0 Å². The number of benzene rings is 1. The zero-order valence-corrected chi connectivity index (χ0v) is 18.1. The van der Waals surface area contributed by atoms with Crippen molar-refractivity contribution in [1.29, 1.82) is 0 Å². The van der Waals surface area contributed by atoms with Crippen LogP contribution in [-0.4, -0.2) is 45.4 Å². The zero-order valence-electron chi connectivity index (χ0n) is 18.1. The van der Waals surface area contributed by atoms with Gasteiger partial charge in [0.25, 0.3) is 0 Å². The first-order valence-electron chi connectivity index (χ1n) is 10.4. The molecule has 1 N–H and O–H groups in total. The number of hydrogen-bond acceptors (Lipinski definition) is 2. The molecule has 3 amide bonds. The highest BCUT2D eigenvalue weighted by molar-refractivity contribution is 5.84. The minimum atomic E-state index is -0.216. The van der Waals surface area contributed by atoms with Crippen LogP contribution in [0.3, 0.4) is 0 Å². The molecule has 0 bridgehead atoms. The first-order chi connectivity index (χ1) is 13.9. The Kier molecular flexibility index (Phi) is 8.77. The van der Waals surface area contributed by atoms with Crippen molar-refractivity contribution in [3.63, 3.8) is 0 Å². The lowest BCUT2D eigenvalue weighted by Crippen LogP contribution is -2.49. The lowest BCUT2D eigenvalue weighted by Gasteiger charge is -2.30. The third kappa shape index (κ3) is 6.97. The van der Waals surface area contributed by atoms with Crippen molar-refractivity contribution in [2.24, 2.45) is 7.05 Å². The van der Waals surface area contributed by atoms with E-state index in [1.165, 1.54) is 0 Å². The summed E-state index contributed by atoms with van der Waals surface area (Å²) < 4.78 is 2.03. The summed E-state index contributed by atoms with van der Waals surface area (Å²) in [5.74, 6) is -0.0248. The molecule has 0 saturated carbocycles. The van der Waals surface area contributed by atoms with Crippen LogP contribution in [0.15, 0.2) is 48.7 Å². The first-order valence-corrected chi connectivity index (χ1v) is 10.4. The van der Waals surface area contributed by atoms with Crippen molar-refractivity contribution in [2.45, 2.75) is 52.7 Å². The first kappa shape index (κ1) is 22.5. The quantitative estimate of drug-likeness (QED) is 0.662. The molecule has 0 saturated heterocycles. The third-order valence-electron chi connectivity index (χ3n) is 5.01.